The first-order chi connectivity index (χ1) is 45.1. The fourth-order valence-electron chi connectivity index (χ4n) is 13.4. The normalized spacial score (nSPS) is 11.5. The van der Waals surface area contributed by atoms with Crippen molar-refractivity contribution in [3.05, 3.63) is 340 Å². The van der Waals surface area contributed by atoms with E-state index < -0.39 is 0 Å². The maximum atomic E-state index is 5.38. The Morgan fingerprint density at radius 2 is 0.451 bits per heavy atom. The lowest BCUT2D eigenvalue weighted by atomic mass is 9.97. The standard InChI is InChI=1S/C86H56N4S/c1-5-19-57(20-6-1)61-27-13-31-65(47-61)69-39-43-77-78-44-40-70(66-32-14-28-62(48-66)58-21-7-2-8-22-58)54-82(78)89(81(77)53-69)75-37-17-35-73(51-75)85-87-86(91-88-85)74-36-18-38-76(52-74)90-83-55-71(67-33-15-29-63(49-67)59-23-9-3-10-24-59)41-45-79(83)80-46-42-72(56-84(80)90)68-34-16-30-64(50-68)60-25-11-4-12-26-60/h1-56H. The molecule has 91 heavy (non-hydrogen) atoms. The predicted octanol–water partition coefficient (Wildman–Crippen LogP) is 23.4. The number of fused-ring (bicyclic) bond motifs is 6. The summed E-state index contributed by atoms with van der Waals surface area (Å²) in [4.78, 5) is 5.38. The Morgan fingerprint density at radius 1 is 0.198 bits per heavy atom. The van der Waals surface area contributed by atoms with Crippen molar-refractivity contribution < 1.29 is 0 Å². The highest BCUT2D eigenvalue weighted by molar-refractivity contribution is 7.09. The molecule has 0 amide bonds. The highest BCUT2D eigenvalue weighted by Gasteiger charge is 2.20. The Labute approximate surface area is 532 Å². The first-order valence-electron chi connectivity index (χ1n) is 30.9. The second-order valence-electron chi connectivity index (χ2n) is 23.4. The molecule has 0 bridgehead atoms. The van der Waals surface area contributed by atoms with Gasteiger partial charge < -0.3 is 9.13 Å². The van der Waals surface area contributed by atoms with Gasteiger partial charge in [-0.1, -0.05) is 267 Å². The van der Waals surface area contributed by atoms with E-state index in [1.54, 1.807) is 0 Å². The molecule has 0 spiro atoms. The van der Waals surface area contributed by atoms with Crippen LogP contribution in [0, 0.1) is 0 Å². The van der Waals surface area contributed by atoms with Crippen molar-refractivity contribution in [3.8, 4) is 122 Å². The first-order valence-corrected chi connectivity index (χ1v) is 31.7. The van der Waals surface area contributed by atoms with Crippen molar-refractivity contribution in [2.45, 2.75) is 0 Å². The van der Waals surface area contributed by atoms with E-state index in [1.165, 1.54) is 88.7 Å². The van der Waals surface area contributed by atoms with E-state index in [4.69, 9.17) is 9.36 Å². The van der Waals surface area contributed by atoms with Crippen LogP contribution in [-0.4, -0.2) is 18.5 Å². The van der Waals surface area contributed by atoms with Crippen molar-refractivity contribution in [2.75, 3.05) is 0 Å². The van der Waals surface area contributed by atoms with Crippen LogP contribution in [0.2, 0.25) is 0 Å². The third kappa shape index (κ3) is 10.0. The van der Waals surface area contributed by atoms with E-state index in [0.29, 0.717) is 5.82 Å². The topological polar surface area (TPSA) is 35.6 Å². The summed E-state index contributed by atoms with van der Waals surface area (Å²) in [5.74, 6) is 0.687. The minimum Gasteiger partial charge on any atom is -0.309 e. The van der Waals surface area contributed by atoms with Gasteiger partial charge in [0.05, 0.1) is 22.1 Å². The molecule has 17 aromatic rings. The van der Waals surface area contributed by atoms with Crippen LogP contribution in [0.4, 0.5) is 0 Å². The first kappa shape index (κ1) is 53.5. The van der Waals surface area contributed by atoms with Crippen molar-refractivity contribution in [2.24, 2.45) is 0 Å². The molecule has 3 aromatic heterocycles. The number of nitrogens with zero attached hydrogens (tertiary/aromatic N) is 4. The highest BCUT2D eigenvalue weighted by atomic mass is 32.1. The molecule has 3 heterocycles. The van der Waals surface area contributed by atoms with Crippen LogP contribution in [-0.2, 0) is 0 Å². The number of aromatic nitrogens is 4. The molecule has 5 heteroatoms. The van der Waals surface area contributed by atoms with Gasteiger partial charge in [-0.25, -0.2) is 4.98 Å². The van der Waals surface area contributed by atoms with Crippen molar-refractivity contribution >= 4 is 55.1 Å². The summed E-state index contributed by atoms with van der Waals surface area (Å²) < 4.78 is 10.0. The molecule has 0 saturated carbocycles. The van der Waals surface area contributed by atoms with Crippen molar-refractivity contribution in [1.82, 2.24) is 18.5 Å². The molecular weight excluding hydrogens is 1120 g/mol. The summed E-state index contributed by atoms with van der Waals surface area (Å²) in [6, 6.07) is 123. The third-order valence-corrected chi connectivity index (χ3v) is 18.7. The highest BCUT2D eigenvalue weighted by Crippen LogP contribution is 2.42. The lowest BCUT2D eigenvalue weighted by molar-refractivity contribution is 1.18. The van der Waals surface area contributed by atoms with Crippen molar-refractivity contribution in [3.63, 3.8) is 0 Å². The molecule has 0 N–H and O–H groups in total. The van der Waals surface area contributed by atoms with E-state index >= 15 is 0 Å². The third-order valence-electron chi connectivity index (χ3n) is 17.9. The minimum absolute atomic E-state index is 0.687. The summed E-state index contributed by atoms with van der Waals surface area (Å²) in [5, 5.41) is 5.60. The number of hydrogen-bond donors (Lipinski definition) is 0. The van der Waals surface area contributed by atoms with Crippen LogP contribution >= 0.6 is 11.5 Å². The van der Waals surface area contributed by atoms with Crippen LogP contribution < -0.4 is 0 Å². The fourth-order valence-corrected chi connectivity index (χ4v) is 14.0. The molecule has 0 atom stereocenters. The molecule has 17 rings (SSSR count). The number of hydrogen-bond acceptors (Lipinski definition) is 3. The Balaban J connectivity index is 0.774. The maximum Gasteiger partial charge on any atom is 0.173 e. The molecule has 0 radical (unpaired) electrons. The Morgan fingerprint density at radius 3 is 0.780 bits per heavy atom. The van der Waals surface area contributed by atoms with E-state index in [1.807, 2.05) is 0 Å². The molecule has 0 aliphatic rings. The second-order valence-corrected chi connectivity index (χ2v) is 24.2. The number of rotatable bonds is 12. The van der Waals surface area contributed by atoms with Crippen LogP contribution in [0.15, 0.2) is 340 Å². The summed E-state index contributed by atoms with van der Waals surface area (Å²) in [5.41, 5.74) is 27.3. The van der Waals surface area contributed by atoms with Gasteiger partial charge in [0.2, 0.25) is 0 Å². The lowest BCUT2D eigenvalue weighted by Crippen LogP contribution is -1.96. The Kier molecular flexibility index (Phi) is 13.4. The predicted molar refractivity (Wildman–Crippen MR) is 383 cm³/mol. The lowest BCUT2D eigenvalue weighted by Gasteiger charge is -2.12. The van der Waals surface area contributed by atoms with Crippen LogP contribution in [0.5, 0.6) is 0 Å². The van der Waals surface area contributed by atoms with Gasteiger partial charge in [-0.15, -0.1) is 0 Å². The average molecular weight is 1180 g/mol. The van der Waals surface area contributed by atoms with Gasteiger partial charge >= 0.3 is 0 Å². The molecule has 4 nitrogen and oxygen atoms in total. The quantitative estimate of drug-likeness (QED) is 0.122. The molecule has 0 fully saturated rings. The SMILES string of the molecule is c1ccc(-c2cccc(-c3ccc4c5ccc(-c6cccc(-c7ccccc7)c6)cc5n(-c5cccc(-c6nsc(-c7cccc(-n8c9cc(-c%10cccc(-c%11ccccc%11)c%10)ccc9c9ccc(-c%10cccc(-c%11ccccc%11)c%10)cc98)c7)n6)c5)c4c3)c2)cc1. The van der Waals surface area contributed by atoms with Crippen LogP contribution in [0.3, 0.4) is 0 Å². The molecule has 14 aromatic carbocycles. The zero-order chi connectivity index (χ0) is 60.2. The summed E-state index contributed by atoms with van der Waals surface area (Å²) >= 11 is 1.44. The van der Waals surface area contributed by atoms with Gasteiger partial charge in [-0.05, 0) is 173 Å². The Bertz CT molecular complexity index is 4960. The average Bonchev–Trinajstić information content (AvgIpc) is 1.65. The van der Waals surface area contributed by atoms with Gasteiger partial charge in [0.15, 0.2) is 5.82 Å². The van der Waals surface area contributed by atoms with Gasteiger partial charge in [0.1, 0.15) is 5.01 Å². The molecule has 0 aliphatic heterocycles. The molecule has 0 aliphatic carbocycles. The molecular formula is C86H56N4S. The monoisotopic (exact) mass is 1180 g/mol. The minimum atomic E-state index is 0.687. The Hall–Kier alpha value is -11.8. The van der Waals surface area contributed by atoms with Crippen LogP contribution in [0.1, 0.15) is 0 Å². The van der Waals surface area contributed by atoms with Gasteiger partial charge in [-0.3, -0.25) is 0 Å². The summed E-state index contributed by atoms with van der Waals surface area (Å²) in [7, 11) is 0. The van der Waals surface area contributed by atoms with E-state index in [-0.39, 0.29) is 0 Å². The van der Waals surface area contributed by atoms with Crippen LogP contribution in [0.25, 0.3) is 166 Å². The molecule has 0 saturated heterocycles. The van der Waals surface area contributed by atoms with Crippen molar-refractivity contribution in [1.29, 1.82) is 0 Å². The molecule has 426 valence electrons. The molecule has 0 unspecified atom stereocenters. The maximum absolute atomic E-state index is 5.38. The zero-order valence-electron chi connectivity index (χ0n) is 49.5. The van der Waals surface area contributed by atoms with E-state index in [9.17, 15) is 0 Å². The summed E-state index contributed by atoms with van der Waals surface area (Å²) in [6.45, 7) is 0. The smallest absolute Gasteiger partial charge is 0.173 e. The van der Waals surface area contributed by atoms with E-state index in [2.05, 4.69) is 349 Å². The van der Waals surface area contributed by atoms with E-state index in [0.717, 1.165) is 83.0 Å². The van der Waals surface area contributed by atoms with Gasteiger partial charge in [0.25, 0.3) is 0 Å². The fraction of sp³-hybridized carbons (Fsp3) is 0. The second kappa shape index (κ2) is 22.8. The summed E-state index contributed by atoms with van der Waals surface area (Å²) in [6.07, 6.45) is 0. The van der Waals surface area contributed by atoms with Gasteiger partial charge in [-0.2, -0.15) is 4.37 Å². The number of benzene rings is 14. The van der Waals surface area contributed by atoms with Gasteiger partial charge in [0, 0.05) is 44.0 Å². The largest absolute Gasteiger partial charge is 0.309 e. The zero-order valence-corrected chi connectivity index (χ0v) is 50.3.